The molecule has 0 saturated carbocycles. The number of aromatic carboxylic acids is 1. The molecule has 1 heterocycles. The maximum atomic E-state index is 12.1. The molecule has 0 fully saturated rings. The van der Waals surface area contributed by atoms with Gasteiger partial charge in [0.05, 0.1) is 27.2 Å². The first-order valence-corrected chi connectivity index (χ1v) is 6.96. The summed E-state index contributed by atoms with van der Waals surface area (Å²) in [5.74, 6) is -2.09. The van der Waals surface area contributed by atoms with Crippen LogP contribution in [0.25, 0.3) is 0 Å². The summed E-state index contributed by atoms with van der Waals surface area (Å²) in [4.78, 5) is 46.7. The SMILES string of the molecule is Cc1nc(NC(=O)c2cc([N+](=O)[O-])cc([N+](=O)[O-])c2)sc1C(=O)O. The molecule has 24 heavy (non-hydrogen) atoms. The molecule has 2 rings (SSSR count). The van der Waals surface area contributed by atoms with Crippen LogP contribution in [-0.2, 0) is 0 Å². The van der Waals surface area contributed by atoms with Crippen LogP contribution in [0.3, 0.4) is 0 Å². The summed E-state index contributed by atoms with van der Waals surface area (Å²) in [6, 6.07) is 2.48. The summed E-state index contributed by atoms with van der Waals surface area (Å²) in [7, 11) is 0. The number of rotatable bonds is 5. The number of carboxylic acid groups (broad SMARTS) is 1. The fraction of sp³-hybridized carbons (Fsp3) is 0.0833. The van der Waals surface area contributed by atoms with Gasteiger partial charge in [-0.25, -0.2) is 9.78 Å². The van der Waals surface area contributed by atoms with E-state index >= 15 is 0 Å². The zero-order valence-electron chi connectivity index (χ0n) is 11.9. The molecule has 1 aromatic heterocycles. The molecule has 124 valence electrons. The van der Waals surface area contributed by atoms with Gasteiger partial charge in [-0.2, -0.15) is 0 Å². The van der Waals surface area contributed by atoms with E-state index in [0.29, 0.717) is 11.3 Å². The van der Waals surface area contributed by atoms with Crippen LogP contribution in [-0.4, -0.2) is 31.8 Å². The summed E-state index contributed by atoms with van der Waals surface area (Å²) in [5, 5.41) is 32.8. The molecule has 0 aliphatic heterocycles. The number of benzene rings is 1. The van der Waals surface area contributed by atoms with E-state index in [-0.39, 0.29) is 21.3 Å². The number of non-ortho nitro benzene ring substituents is 2. The second-order valence-corrected chi connectivity index (χ2v) is 5.44. The Bertz CT molecular complexity index is 844. The van der Waals surface area contributed by atoms with Gasteiger partial charge >= 0.3 is 5.97 Å². The van der Waals surface area contributed by atoms with Gasteiger partial charge in [0, 0.05) is 12.1 Å². The van der Waals surface area contributed by atoms with E-state index in [9.17, 15) is 29.8 Å². The van der Waals surface area contributed by atoms with Crippen molar-refractivity contribution >= 4 is 39.7 Å². The number of nitro groups is 2. The number of aromatic nitrogens is 1. The zero-order chi connectivity index (χ0) is 18.0. The highest BCUT2D eigenvalue weighted by atomic mass is 32.1. The van der Waals surface area contributed by atoms with Crippen molar-refractivity contribution in [2.45, 2.75) is 6.92 Å². The molecule has 0 radical (unpaired) electrons. The van der Waals surface area contributed by atoms with Crippen LogP contribution in [0.2, 0.25) is 0 Å². The Labute approximate surface area is 136 Å². The Balaban J connectivity index is 2.35. The first-order chi connectivity index (χ1) is 11.2. The normalized spacial score (nSPS) is 10.2. The lowest BCUT2D eigenvalue weighted by molar-refractivity contribution is -0.394. The molecule has 1 amide bonds. The number of hydrogen-bond acceptors (Lipinski definition) is 8. The van der Waals surface area contributed by atoms with E-state index < -0.39 is 33.1 Å². The molecule has 2 N–H and O–H groups in total. The summed E-state index contributed by atoms with van der Waals surface area (Å²) < 4.78 is 0. The van der Waals surface area contributed by atoms with Gasteiger partial charge in [-0.05, 0) is 6.92 Å². The number of carboxylic acids is 1. The van der Waals surface area contributed by atoms with Gasteiger partial charge in [-0.15, -0.1) is 0 Å². The standard InChI is InChI=1S/C12H8N4O7S/c1-5-9(11(18)19)24-12(13-5)14-10(17)6-2-7(15(20)21)4-8(3-6)16(22)23/h2-4H,1H3,(H,18,19)(H,13,14,17). The third-order valence-electron chi connectivity index (χ3n) is 2.80. The largest absolute Gasteiger partial charge is 0.477 e. The Morgan fingerprint density at radius 2 is 1.71 bits per heavy atom. The Morgan fingerprint density at radius 3 is 2.12 bits per heavy atom. The number of nitrogens with zero attached hydrogens (tertiary/aromatic N) is 3. The Morgan fingerprint density at radius 1 is 1.17 bits per heavy atom. The summed E-state index contributed by atoms with van der Waals surface area (Å²) in [6.07, 6.45) is 0. The van der Waals surface area contributed by atoms with E-state index in [4.69, 9.17) is 5.11 Å². The summed E-state index contributed by atoms with van der Waals surface area (Å²) in [5.41, 5.74) is -1.36. The average Bonchev–Trinajstić information content (AvgIpc) is 2.87. The van der Waals surface area contributed by atoms with Crippen LogP contribution >= 0.6 is 11.3 Å². The van der Waals surface area contributed by atoms with Crippen molar-refractivity contribution in [1.82, 2.24) is 4.98 Å². The van der Waals surface area contributed by atoms with Crippen molar-refractivity contribution in [2.24, 2.45) is 0 Å². The lowest BCUT2D eigenvalue weighted by atomic mass is 10.1. The van der Waals surface area contributed by atoms with Crippen LogP contribution in [0.5, 0.6) is 0 Å². The van der Waals surface area contributed by atoms with Gasteiger partial charge in [-0.1, -0.05) is 11.3 Å². The molecule has 0 aliphatic rings. The fourth-order valence-corrected chi connectivity index (χ4v) is 2.55. The topological polar surface area (TPSA) is 166 Å². The van der Waals surface area contributed by atoms with Crippen LogP contribution in [0.4, 0.5) is 16.5 Å². The second-order valence-electron chi connectivity index (χ2n) is 4.45. The van der Waals surface area contributed by atoms with Crippen LogP contribution in [0, 0.1) is 27.2 Å². The van der Waals surface area contributed by atoms with Crippen LogP contribution < -0.4 is 5.32 Å². The molecule has 1 aromatic carbocycles. The minimum Gasteiger partial charge on any atom is -0.477 e. The first-order valence-electron chi connectivity index (χ1n) is 6.15. The third-order valence-corrected chi connectivity index (χ3v) is 3.86. The van der Waals surface area contributed by atoms with Crippen molar-refractivity contribution in [2.75, 3.05) is 5.32 Å². The van der Waals surface area contributed by atoms with E-state index in [2.05, 4.69) is 10.3 Å². The number of carbonyl (C=O) groups excluding carboxylic acids is 1. The number of anilines is 1. The number of hydrogen-bond donors (Lipinski definition) is 2. The monoisotopic (exact) mass is 352 g/mol. The van der Waals surface area contributed by atoms with Gasteiger partial charge in [0.25, 0.3) is 17.3 Å². The Kier molecular flexibility index (Phi) is 4.50. The van der Waals surface area contributed by atoms with E-state index in [1.165, 1.54) is 6.92 Å². The molecule has 0 atom stereocenters. The number of aryl methyl sites for hydroxylation is 1. The quantitative estimate of drug-likeness (QED) is 0.610. The molecular weight excluding hydrogens is 344 g/mol. The highest BCUT2D eigenvalue weighted by Crippen LogP contribution is 2.26. The maximum Gasteiger partial charge on any atom is 0.347 e. The van der Waals surface area contributed by atoms with E-state index in [1.54, 1.807) is 0 Å². The molecule has 2 aromatic rings. The molecular formula is C12H8N4O7S. The first kappa shape index (κ1) is 17.0. The minimum absolute atomic E-state index is 0.0379. The van der Waals surface area contributed by atoms with Crippen LogP contribution in [0.15, 0.2) is 18.2 Å². The van der Waals surface area contributed by atoms with Gasteiger partial charge in [-0.3, -0.25) is 30.3 Å². The fourth-order valence-electron chi connectivity index (χ4n) is 1.75. The highest BCUT2D eigenvalue weighted by Gasteiger charge is 2.21. The molecule has 0 saturated heterocycles. The number of nitrogens with one attached hydrogen (secondary N) is 1. The van der Waals surface area contributed by atoms with E-state index in [1.807, 2.05) is 0 Å². The van der Waals surface area contributed by atoms with E-state index in [0.717, 1.165) is 18.2 Å². The van der Waals surface area contributed by atoms with Crippen molar-refractivity contribution in [1.29, 1.82) is 0 Å². The number of nitro benzene ring substituents is 2. The van der Waals surface area contributed by atoms with Crippen molar-refractivity contribution in [3.63, 3.8) is 0 Å². The summed E-state index contributed by atoms with van der Waals surface area (Å²) >= 11 is 0.701. The highest BCUT2D eigenvalue weighted by molar-refractivity contribution is 7.17. The van der Waals surface area contributed by atoms with Crippen molar-refractivity contribution in [3.05, 3.63) is 54.6 Å². The molecule has 0 unspecified atom stereocenters. The predicted molar refractivity (Wildman–Crippen MR) is 81.5 cm³/mol. The van der Waals surface area contributed by atoms with Gasteiger partial charge in [0.15, 0.2) is 5.13 Å². The predicted octanol–water partition coefficient (Wildman–Crippen LogP) is 2.22. The Hall–Kier alpha value is -3.41. The number of carbonyl (C=O) groups is 2. The molecule has 0 aliphatic carbocycles. The second kappa shape index (κ2) is 6.37. The molecule has 12 heteroatoms. The van der Waals surface area contributed by atoms with Crippen LogP contribution in [0.1, 0.15) is 25.7 Å². The van der Waals surface area contributed by atoms with Gasteiger partial charge < -0.3 is 5.11 Å². The van der Waals surface area contributed by atoms with Crippen molar-refractivity contribution < 1.29 is 24.5 Å². The smallest absolute Gasteiger partial charge is 0.347 e. The third kappa shape index (κ3) is 3.49. The van der Waals surface area contributed by atoms with Crippen molar-refractivity contribution in [3.8, 4) is 0 Å². The number of thiazole rings is 1. The summed E-state index contributed by atoms with van der Waals surface area (Å²) in [6.45, 7) is 1.44. The maximum absolute atomic E-state index is 12.1. The lowest BCUT2D eigenvalue weighted by Gasteiger charge is -2.02. The molecule has 0 spiro atoms. The molecule has 0 bridgehead atoms. The lowest BCUT2D eigenvalue weighted by Crippen LogP contribution is -2.12. The molecule has 11 nitrogen and oxygen atoms in total. The minimum atomic E-state index is -1.21. The van der Waals surface area contributed by atoms with Gasteiger partial charge in [0.2, 0.25) is 0 Å². The average molecular weight is 352 g/mol. The van der Waals surface area contributed by atoms with Gasteiger partial charge in [0.1, 0.15) is 4.88 Å². The zero-order valence-corrected chi connectivity index (χ0v) is 12.7. The number of amides is 1.